The number of fused-ring (bicyclic) bond motifs is 1. The van der Waals surface area contributed by atoms with Crippen LogP contribution in [0.5, 0.6) is 0 Å². The average molecular weight is 272 g/mol. The highest BCUT2D eigenvalue weighted by atomic mass is 19.3. The van der Waals surface area contributed by atoms with E-state index in [0.717, 1.165) is 0 Å². The molecule has 0 fully saturated rings. The van der Waals surface area contributed by atoms with Gasteiger partial charge in [-0.25, -0.2) is 13.2 Å². The highest BCUT2D eigenvalue weighted by molar-refractivity contribution is 5.97. The summed E-state index contributed by atoms with van der Waals surface area (Å²) in [6.07, 6.45) is -2.61. The summed E-state index contributed by atoms with van der Waals surface area (Å²) in [6.45, 7) is -0.798. The van der Waals surface area contributed by atoms with Crippen molar-refractivity contribution in [3.05, 3.63) is 35.8 Å². The topological polar surface area (TPSA) is 39.4 Å². The van der Waals surface area contributed by atoms with Gasteiger partial charge in [0.05, 0.1) is 6.61 Å². The fourth-order valence-electron chi connectivity index (χ4n) is 1.61. The van der Waals surface area contributed by atoms with Crippen molar-refractivity contribution in [2.24, 2.45) is 0 Å². The predicted molar refractivity (Wildman–Crippen MR) is 61.9 cm³/mol. The largest absolute Gasteiger partial charge is 0.453 e. The first-order valence-corrected chi connectivity index (χ1v) is 5.64. The Balaban J connectivity index is 1.97. The molecule has 0 unspecified atom stereocenters. The first-order valence-electron chi connectivity index (χ1n) is 5.64. The Morgan fingerprint density at radius 3 is 2.84 bits per heavy atom. The smallest absolute Gasteiger partial charge is 0.261 e. The minimum atomic E-state index is -2.55. The van der Waals surface area contributed by atoms with Crippen molar-refractivity contribution >= 4 is 16.8 Å². The quantitative estimate of drug-likeness (QED) is 0.597. The molecule has 102 valence electrons. The molecule has 0 aliphatic carbocycles. The summed E-state index contributed by atoms with van der Waals surface area (Å²) in [6, 6.07) is 5.33. The maximum absolute atomic E-state index is 13.0. The van der Waals surface area contributed by atoms with Gasteiger partial charge in [-0.3, -0.25) is 4.79 Å². The fourth-order valence-corrected chi connectivity index (χ4v) is 1.61. The Morgan fingerprint density at radius 2 is 2.11 bits per heavy atom. The highest BCUT2D eigenvalue weighted by Gasteiger charge is 2.13. The lowest BCUT2D eigenvalue weighted by Gasteiger charge is -2.01. The van der Waals surface area contributed by atoms with Gasteiger partial charge in [0.25, 0.3) is 6.43 Å². The number of carbonyl (C=O) groups excluding carboxylic acids is 1. The molecule has 6 heteroatoms. The van der Waals surface area contributed by atoms with Crippen LogP contribution in [0.3, 0.4) is 0 Å². The summed E-state index contributed by atoms with van der Waals surface area (Å²) in [5, 5.41) is 0.483. The molecule has 0 radical (unpaired) electrons. The Kier molecular flexibility index (Phi) is 4.21. The van der Waals surface area contributed by atoms with E-state index >= 15 is 0 Å². The number of furan rings is 1. The second kappa shape index (κ2) is 5.88. The number of ketones is 1. The molecule has 0 saturated carbocycles. The van der Waals surface area contributed by atoms with Gasteiger partial charge in [-0.05, 0) is 24.3 Å². The van der Waals surface area contributed by atoms with Gasteiger partial charge in [0, 0.05) is 11.8 Å². The molecule has 0 spiro atoms. The van der Waals surface area contributed by atoms with Crippen molar-refractivity contribution in [3.8, 4) is 0 Å². The van der Waals surface area contributed by atoms with Crippen LogP contribution in [-0.2, 0) is 4.74 Å². The number of hydrogen-bond donors (Lipinski definition) is 0. The highest BCUT2D eigenvalue weighted by Crippen LogP contribution is 2.21. The Labute approximate surface area is 107 Å². The van der Waals surface area contributed by atoms with Gasteiger partial charge in [0.15, 0.2) is 11.5 Å². The molecule has 0 atom stereocenters. The van der Waals surface area contributed by atoms with Crippen molar-refractivity contribution < 1.29 is 27.1 Å². The molecule has 3 nitrogen and oxygen atoms in total. The van der Waals surface area contributed by atoms with E-state index in [-0.39, 0.29) is 24.6 Å². The molecule has 1 aromatic heterocycles. The number of Topliss-reactive ketones (excluding diaryl/α,β-unsaturated/α-hetero) is 1. The lowest BCUT2D eigenvalue weighted by Crippen LogP contribution is -2.09. The van der Waals surface area contributed by atoms with Crippen LogP contribution in [0.1, 0.15) is 17.0 Å². The maximum Gasteiger partial charge on any atom is 0.261 e. The average Bonchev–Trinajstić information content (AvgIpc) is 2.77. The molecule has 0 bridgehead atoms. The summed E-state index contributed by atoms with van der Waals surface area (Å²) in [7, 11) is 0. The summed E-state index contributed by atoms with van der Waals surface area (Å²) in [5.74, 6) is -0.723. The van der Waals surface area contributed by atoms with Crippen LogP contribution >= 0.6 is 0 Å². The van der Waals surface area contributed by atoms with Crippen molar-refractivity contribution in [3.63, 3.8) is 0 Å². The van der Waals surface area contributed by atoms with Crippen LogP contribution in [0, 0.1) is 5.82 Å². The molecule has 2 aromatic rings. The number of hydrogen-bond acceptors (Lipinski definition) is 3. The van der Waals surface area contributed by atoms with E-state index < -0.39 is 18.8 Å². The minimum Gasteiger partial charge on any atom is -0.453 e. The van der Waals surface area contributed by atoms with Gasteiger partial charge >= 0.3 is 0 Å². The zero-order chi connectivity index (χ0) is 13.8. The van der Waals surface area contributed by atoms with Gasteiger partial charge in [-0.1, -0.05) is 0 Å². The van der Waals surface area contributed by atoms with Gasteiger partial charge in [-0.2, -0.15) is 0 Å². The van der Waals surface area contributed by atoms with Gasteiger partial charge in [-0.15, -0.1) is 0 Å². The van der Waals surface area contributed by atoms with Crippen LogP contribution in [-0.4, -0.2) is 25.4 Å². The fraction of sp³-hybridized carbons (Fsp3) is 0.308. The molecule has 0 amide bonds. The third kappa shape index (κ3) is 3.57. The van der Waals surface area contributed by atoms with Crippen LogP contribution < -0.4 is 0 Å². The normalized spacial score (nSPS) is 11.4. The van der Waals surface area contributed by atoms with E-state index in [4.69, 9.17) is 4.42 Å². The summed E-state index contributed by atoms with van der Waals surface area (Å²) in [4.78, 5) is 11.7. The molecule has 0 aliphatic heterocycles. The van der Waals surface area contributed by atoms with Crippen molar-refractivity contribution in [2.45, 2.75) is 12.8 Å². The van der Waals surface area contributed by atoms with E-state index in [1.807, 2.05) is 0 Å². The van der Waals surface area contributed by atoms with E-state index in [2.05, 4.69) is 4.74 Å². The van der Waals surface area contributed by atoms with Crippen molar-refractivity contribution in [1.82, 2.24) is 0 Å². The van der Waals surface area contributed by atoms with Crippen molar-refractivity contribution in [2.75, 3.05) is 13.2 Å². The molecule has 0 saturated heterocycles. The van der Waals surface area contributed by atoms with Crippen LogP contribution in [0.15, 0.2) is 28.7 Å². The zero-order valence-electron chi connectivity index (χ0n) is 9.87. The molecule has 19 heavy (non-hydrogen) atoms. The Morgan fingerprint density at radius 1 is 1.32 bits per heavy atom. The molecular weight excluding hydrogens is 261 g/mol. The molecule has 0 N–H and O–H groups in total. The minimum absolute atomic E-state index is 0.0605. The molecule has 2 rings (SSSR count). The summed E-state index contributed by atoms with van der Waals surface area (Å²) in [5.41, 5.74) is 0.401. The van der Waals surface area contributed by atoms with E-state index in [0.29, 0.717) is 11.0 Å². The predicted octanol–water partition coefficient (Wildman–Crippen LogP) is 3.43. The number of rotatable bonds is 6. The van der Waals surface area contributed by atoms with E-state index in [9.17, 15) is 18.0 Å². The monoisotopic (exact) mass is 272 g/mol. The zero-order valence-corrected chi connectivity index (χ0v) is 9.87. The van der Waals surface area contributed by atoms with Gasteiger partial charge < -0.3 is 9.15 Å². The van der Waals surface area contributed by atoms with E-state index in [1.165, 1.54) is 24.3 Å². The van der Waals surface area contributed by atoms with Gasteiger partial charge in [0.1, 0.15) is 18.0 Å². The molecule has 1 heterocycles. The first-order chi connectivity index (χ1) is 9.06. The third-order valence-electron chi connectivity index (χ3n) is 2.47. The molecule has 1 aromatic carbocycles. The maximum atomic E-state index is 13.0. The number of carbonyl (C=O) groups is 1. The number of ether oxygens (including phenoxy) is 1. The SMILES string of the molecule is O=C(CCOCC(F)F)c1cc2cc(F)ccc2o1. The van der Waals surface area contributed by atoms with Crippen LogP contribution in [0.25, 0.3) is 11.0 Å². The second-order valence-corrected chi connectivity index (χ2v) is 3.93. The standard InChI is InChI=1S/C13H11F3O3/c14-9-1-2-11-8(5-9)6-12(19-11)10(17)3-4-18-7-13(15)16/h1-2,5-6,13H,3-4,7H2. The molecular formula is C13H11F3O3. The van der Waals surface area contributed by atoms with Crippen LogP contribution in [0.2, 0.25) is 0 Å². The lowest BCUT2D eigenvalue weighted by atomic mass is 10.2. The third-order valence-corrected chi connectivity index (χ3v) is 2.47. The number of alkyl halides is 2. The lowest BCUT2D eigenvalue weighted by molar-refractivity contribution is 0.0167. The van der Waals surface area contributed by atoms with Crippen molar-refractivity contribution in [1.29, 1.82) is 0 Å². The number of benzene rings is 1. The number of halogens is 3. The van der Waals surface area contributed by atoms with E-state index in [1.54, 1.807) is 0 Å². The second-order valence-electron chi connectivity index (χ2n) is 3.93. The molecule has 0 aliphatic rings. The first kappa shape index (κ1) is 13.6. The summed E-state index contributed by atoms with van der Waals surface area (Å²) >= 11 is 0. The summed E-state index contributed by atoms with van der Waals surface area (Å²) < 4.78 is 46.4. The van der Waals surface area contributed by atoms with Gasteiger partial charge in [0.2, 0.25) is 0 Å². The Bertz CT molecular complexity index is 578. The Hall–Kier alpha value is -1.82. The van der Waals surface area contributed by atoms with Crippen LogP contribution in [0.4, 0.5) is 13.2 Å².